The highest BCUT2D eigenvalue weighted by Crippen LogP contribution is 2.21. The summed E-state index contributed by atoms with van der Waals surface area (Å²) in [5.74, 6) is 0. The molecule has 0 atom stereocenters. The first kappa shape index (κ1) is 7.67. The molecule has 13 heavy (non-hydrogen) atoms. The van der Waals surface area contributed by atoms with E-state index >= 15 is 0 Å². The van der Waals surface area contributed by atoms with Crippen molar-refractivity contribution in [2.45, 2.75) is 0 Å². The van der Waals surface area contributed by atoms with Gasteiger partial charge in [0.15, 0.2) is 0 Å². The smallest absolute Gasteiger partial charge is 0.416 e. The summed E-state index contributed by atoms with van der Waals surface area (Å²) >= 11 is 0. The van der Waals surface area contributed by atoms with E-state index in [4.69, 9.17) is 10.8 Å². The number of nitrogen functional groups attached to an aromatic ring is 1. The van der Waals surface area contributed by atoms with E-state index < -0.39 is 6.09 Å². The highest BCUT2D eigenvalue weighted by molar-refractivity contribution is 5.96. The molecule has 0 saturated carbocycles. The van der Waals surface area contributed by atoms with Gasteiger partial charge in [0.1, 0.15) is 0 Å². The van der Waals surface area contributed by atoms with Crippen LogP contribution in [-0.4, -0.2) is 15.8 Å². The third kappa shape index (κ3) is 1.03. The van der Waals surface area contributed by atoms with E-state index in [0.717, 1.165) is 9.95 Å². The number of rotatable bonds is 0. The molecule has 0 aliphatic carbocycles. The Kier molecular flexibility index (Phi) is 1.48. The summed E-state index contributed by atoms with van der Waals surface area (Å²) in [5.41, 5.74) is 6.68. The van der Waals surface area contributed by atoms with Gasteiger partial charge in [-0.2, -0.15) is 0 Å². The van der Waals surface area contributed by atoms with E-state index in [0.29, 0.717) is 11.2 Å². The fourth-order valence-electron chi connectivity index (χ4n) is 1.38. The highest BCUT2D eigenvalue weighted by atomic mass is 16.4. The maximum absolute atomic E-state index is 10.7. The molecule has 1 heterocycles. The molecule has 0 radical (unpaired) electrons. The lowest BCUT2D eigenvalue weighted by molar-refractivity contribution is 0.197. The summed E-state index contributed by atoms with van der Waals surface area (Å²) in [7, 11) is 0. The van der Waals surface area contributed by atoms with Crippen LogP contribution in [0.1, 0.15) is 0 Å². The Morgan fingerprint density at radius 2 is 2.15 bits per heavy atom. The Morgan fingerprint density at radius 3 is 2.85 bits per heavy atom. The van der Waals surface area contributed by atoms with Gasteiger partial charge in [0.05, 0.1) is 11.2 Å². The molecule has 0 bridgehead atoms. The van der Waals surface area contributed by atoms with E-state index in [1.165, 1.54) is 6.20 Å². The molecular formula is C9H8N2O2. The molecule has 0 fully saturated rings. The molecule has 4 nitrogen and oxygen atoms in total. The summed E-state index contributed by atoms with van der Waals surface area (Å²) in [5, 5.41) is 9.64. The fraction of sp³-hybridized carbons (Fsp3) is 0. The first-order valence-electron chi connectivity index (χ1n) is 3.79. The van der Waals surface area contributed by atoms with Gasteiger partial charge in [0, 0.05) is 11.6 Å². The van der Waals surface area contributed by atoms with E-state index in [-0.39, 0.29) is 0 Å². The van der Waals surface area contributed by atoms with Crippen LogP contribution >= 0.6 is 0 Å². The van der Waals surface area contributed by atoms with Gasteiger partial charge >= 0.3 is 6.09 Å². The quantitative estimate of drug-likeness (QED) is 0.601. The van der Waals surface area contributed by atoms with Crippen LogP contribution < -0.4 is 5.73 Å². The summed E-state index contributed by atoms with van der Waals surface area (Å²) in [4.78, 5) is 10.7. The number of nitrogens with zero attached hydrogens (tertiary/aromatic N) is 1. The number of aromatic nitrogens is 1. The molecule has 3 N–H and O–H groups in total. The van der Waals surface area contributed by atoms with Crippen molar-refractivity contribution in [3.8, 4) is 0 Å². The van der Waals surface area contributed by atoms with E-state index in [1.54, 1.807) is 18.2 Å². The standard InChI is InChI=1S/C9H8N2O2/c10-7-3-1-2-6-4-5-11(8(6)7)9(12)13/h1-5H,10H2,(H,12,13). The third-order valence-corrected chi connectivity index (χ3v) is 1.95. The van der Waals surface area contributed by atoms with Gasteiger partial charge in [-0.15, -0.1) is 0 Å². The summed E-state index contributed by atoms with van der Waals surface area (Å²) in [6.45, 7) is 0. The van der Waals surface area contributed by atoms with Gasteiger partial charge in [0.25, 0.3) is 0 Å². The number of fused-ring (bicyclic) bond motifs is 1. The second-order valence-corrected chi connectivity index (χ2v) is 2.75. The molecule has 0 unspecified atom stereocenters. The largest absolute Gasteiger partial charge is 0.464 e. The van der Waals surface area contributed by atoms with E-state index in [1.807, 2.05) is 6.07 Å². The van der Waals surface area contributed by atoms with E-state index in [9.17, 15) is 4.79 Å². The first-order chi connectivity index (χ1) is 6.20. The molecule has 66 valence electrons. The number of carboxylic acid groups (broad SMARTS) is 1. The number of benzene rings is 1. The average Bonchev–Trinajstić information content (AvgIpc) is 2.49. The van der Waals surface area contributed by atoms with E-state index in [2.05, 4.69) is 0 Å². The Hall–Kier alpha value is -1.97. The van der Waals surface area contributed by atoms with Crippen LogP contribution in [0.4, 0.5) is 10.5 Å². The molecule has 0 spiro atoms. The second kappa shape index (κ2) is 2.52. The average molecular weight is 176 g/mol. The number of hydrogen-bond acceptors (Lipinski definition) is 2. The molecule has 0 saturated heterocycles. The van der Waals surface area contributed by atoms with Crippen LogP contribution in [0.25, 0.3) is 10.9 Å². The molecule has 1 aromatic carbocycles. The van der Waals surface area contributed by atoms with Crippen molar-refractivity contribution >= 4 is 22.7 Å². The van der Waals surface area contributed by atoms with Crippen molar-refractivity contribution in [1.82, 2.24) is 4.57 Å². The normalized spacial score (nSPS) is 10.5. The van der Waals surface area contributed by atoms with Crippen molar-refractivity contribution in [1.29, 1.82) is 0 Å². The highest BCUT2D eigenvalue weighted by Gasteiger charge is 2.08. The van der Waals surface area contributed by atoms with Gasteiger partial charge in [-0.05, 0) is 12.1 Å². The maximum Gasteiger partial charge on any atom is 0.416 e. The maximum atomic E-state index is 10.7. The van der Waals surface area contributed by atoms with Gasteiger partial charge in [-0.1, -0.05) is 12.1 Å². The van der Waals surface area contributed by atoms with Crippen molar-refractivity contribution in [3.63, 3.8) is 0 Å². The third-order valence-electron chi connectivity index (χ3n) is 1.95. The zero-order valence-corrected chi connectivity index (χ0v) is 6.77. The molecule has 2 rings (SSSR count). The topological polar surface area (TPSA) is 68.2 Å². The van der Waals surface area contributed by atoms with Crippen LogP contribution in [-0.2, 0) is 0 Å². The van der Waals surface area contributed by atoms with Crippen molar-refractivity contribution in [2.24, 2.45) is 0 Å². The number of para-hydroxylation sites is 1. The lowest BCUT2D eigenvalue weighted by Gasteiger charge is -2.00. The van der Waals surface area contributed by atoms with Gasteiger partial charge in [-0.25, -0.2) is 4.79 Å². The number of nitrogens with two attached hydrogens (primary N) is 1. The zero-order valence-electron chi connectivity index (χ0n) is 6.77. The van der Waals surface area contributed by atoms with Gasteiger partial charge in [0.2, 0.25) is 0 Å². The predicted molar refractivity (Wildman–Crippen MR) is 49.8 cm³/mol. The lowest BCUT2D eigenvalue weighted by Crippen LogP contribution is -2.06. The van der Waals surface area contributed by atoms with Gasteiger partial charge < -0.3 is 10.8 Å². The van der Waals surface area contributed by atoms with Crippen LogP contribution in [0.15, 0.2) is 30.5 Å². The summed E-state index contributed by atoms with van der Waals surface area (Å²) < 4.78 is 1.12. The van der Waals surface area contributed by atoms with Crippen LogP contribution in [0.3, 0.4) is 0 Å². The Labute approximate surface area is 74.2 Å². The number of carbonyl (C=O) groups is 1. The molecule has 0 aliphatic heterocycles. The summed E-state index contributed by atoms with van der Waals surface area (Å²) in [6.07, 6.45) is 0.469. The molecule has 2 aromatic rings. The van der Waals surface area contributed by atoms with Crippen LogP contribution in [0, 0.1) is 0 Å². The second-order valence-electron chi connectivity index (χ2n) is 2.75. The monoisotopic (exact) mass is 176 g/mol. The number of hydrogen-bond donors (Lipinski definition) is 2. The Morgan fingerprint density at radius 1 is 1.38 bits per heavy atom. The zero-order chi connectivity index (χ0) is 9.42. The molecule has 0 amide bonds. The number of anilines is 1. The van der Waals surface area contributed by atoms with Crippen molar-refractivity contribution in [2.75, 3.05) is 5.73 Å². The molecule has 1 aromatic heterocycles. The van der Waals surface area contributed by atoms with Gasteiger partial charge in [-0.3, -0.25) is 4.57 Å². The summed E-state index contributed by atoms with van der Waals surface area (Å²) in [6, 6.07) is 7.02. The minimum absolute atomic E-state index is 0.477. The van der Waals surface area contributed by atoms with Crippen LogP contribution in [0.5, 0.6) is 0 Å². The molecular weight excluding hydrogens is 168 g/mol. The first-order valence-corrected chi connectivity index (χ1v) is 3.79. The van der Waals surface area contributed by atoms with Crippen LogP contribution in [0.2, 0.25) is 0 Å². The Balaban J connectivity index is 2.86. The van der Waals surface area contributed by atoms with Crippen molar-refractivity contribution in [3.05, 3.63) is 30.5 Å². The SMILES string of the molecule is Nc1cccc2ccn(C(=O)O)c12. The fourth-order valence-corrected chi connectivity index (χ4v) is 1.38. The minimum atomic E-state index is -1.02. The predicted octanol–water partition coefficient (Wildman–Crippen LogP) is 1.75. The molecule has 0 aliphatic rings. The lowest BCUT2D eigenvalue weighted by atomic mass is 10.2. The minimum Gasteiger partial charge on any atom is -0.464 e. The van der Waals surface area contributed by atoms with Crippen molar-refractivity contribution < 1.29 is 9.90 Å². The molecule has 4 heteroatoms. The Bertz CT molecular complexity index is 473.